The molecule has 17 rings (SSSR count). The maximum Gasteiger partial charge on any atom is 0.240 e. The van der Waals surface area contributed by atoms with Crippen LogP contribution in [0.15, 0.2) is 227 Å². The number of nitrogens with zero attached hydrogens (tertiary/aromatic N) is 5. The Morgan fingerprint density at radius 2 is 0.973 bits per heavy atom. The molecular formula is C68H41N5O2. The van der Waals surface area contributed by atoms with Crippen LogP contribution in [0.4, 0.5) is 0 Å². The molecule has 5 heterocycles. The van der Waals surface area contributed by atoms with Crippen LogP contribution in [-0.4, -0.2) is 24.1 Å². The van der Waals surface area contributed by atoms with Crippen LogP contribution in [0.3, 0.4) is 0 Å². The highest BCUT2D eigenvalue weighted by molar-refractivity contribution is 6.23. The van der Waals surface area contributed by atoms with Gasteiger partial charge in [0.05, 0.1) is 22.1 Å². The molecule has 0 aliphatic heterocycles. The van der Waals surface area contributed by atoms with E-state index in [0.717, 1.165) is 122 Å². The van der Waals surface area contributed by atoms with Gasteiger partial charge in [-0.25, -0.2) is 0 Å². The second-order valence-electron chi connectivity index (χ2n) is 20.2. The zero-order valence-corrected chi connectivity index (χ0v) is 40.3. The van der Waals surface area contributed by atoms with Crippen molar-refractivity contribution < 1.29 is 8.83 Å². The number of benzene rings is 10. The topological polar surface area (TPSA) is 74.8 Å². The van der Waals surface area contributed by atoms with Crippen LogP contribution in [0.25, 0.3) is 144 Å². The first-order valence-corrected chi connectivity index (χ1v) is 25.7. The number of hydrogen-bond donors (Lipinski definition) is 0. The molecule has 0 N–H and O–H groups in total. The molecule has 7 heteroatoms. The zero-order chi connectivity index (χ0) is 48.9. The SMILES string of the molecule is C1=C(c2nc(-n3c4ccccc4c4ccccc43)nc(-n3c4ccc5ccccc5c4c4cccc(-c5cccc(-c6cccc(-c7cccc8c7oc7ccccc78)c6)c5)c43)n2)C2CC2c2c1oc1ccccc21. The van der Waals surface area contributed by atoms with Gasteiger partial charge >= 0.3 is 0 Å². The molecule has 2 unspecified atom stereocenters. The second kappa shape index (κ2) is 15.3. The Morgan fingerprint density at radius 3 is 1.73 bits per heavy atom. The fourth-order valence-corrected chi connectivity index (χ4v) is 12.7. The summed E-state index contributed by atoms with van der Waals surface area (Å²) in [6.45, 7) is 0. The van der Waals surface area contributed by atoms with Gasteiger partial charge in [0, 0.05) is 60.0 Å². The molecule has 10 aromatic carbocycles. The maximum absolute atomic E-state index is 6.62. The third-order valence-corrected chi connectivity index (χ3v) is 16.1. The standard InChI is InChI=1S/C68H41N5O2/c1-2-20-44-39(15-1)33-34-58-62(44)52-28-13-25-45(42-18-11-16-40(35-42)41-17-12-19-43(36-41)46-26-14-27-50-49-23-5-9-31-59(49)75-65(46)50)64(52)73(58)68-70-66(55-38-61-63(54-37-53(54)55)51-24-6-10-32-60(51)74-61)69-67(71-68)72-56-29-7-3-21-47(56)48-22-4-8-30-57(48)72/h1-36,38,53-54H,37H2. The van der Waals surface area contributed by atoms with E-state index in [1.54, 1.807) is 0 Å². The molecule has 0 spiro atoms. The van der Waals surface area contributed by atoms with Gasteiger partial charge in [-0.3, -0.25) is 9.13 Å². The zero-order valence-electron chi connectivity index (χ0n) is 40.3. The van der Waals surface area contributed by atoms with Crippen molar-refractivity contribution in [3.8, 4) is 45.3 Å². The summed E-state index contributed by atoms with van der Waals surface area (Å²) < 4.78 is 17.7. The van der Waals surface area contributed by atoms with E-state index < -0.39 is 0 Å². The smallest absolute Gasteiger partial charge is 0.240 e. The Morgan fingerprint density at radius 1 is 0.400 bits per heavy atom. The number of furan rings is 2. The third kappa shape index (κ3) is 5.95. The summed E-state index contributed by atoms with van der Waals surface area (Å²) in [6, 6.07) is 77.8. The van der Waals surface area contributed by atoms with E-state index in [4.69, 9.17) is 23.8 Å². The Labute approximate surface area is 428 Å². The van der Waals surface area contributed by atoms with Crippen molar-refractivity contribution in [2.24, 2.45) is 5.92 Å². The maximum atomic E-state index is 6.62. The number of hydrogen-bond acceptors (Lipinski definition) is 5. The Bertz CT molecular complexity index is 4920. The lowest BCUT2D eigenvalue weighted by Crippen LogP contribution is -2.13. The number of rotatable bonds is 6. The quantitative estimate of drug-likeness (QED) is 0.166. The van der Waals surface area contributed by atoms with Crippen molar-refractivity contribution >= 4 is 98.9 Å². The van der Waals surface area contributed by atoms with Crippen molar-refractivity contribution in [3.05, 3.63) is 236 Å². The lowest BCUT2D eigenvalue weighted by molar-refractivity contribution is 0.596. The number of fused-ring (bicyclic) bond motifs is 16. The first-order valence-electron chi connectivity index (χ1n) is 25.7. The molecule has 75 heavy (non-hydrogen) atoms. The van der Waals surface area contributed by atoms with E-state index in [9.17, 15) is 0 Å². The normalized spacial score (nSPS) is 15.2. The molecule has 350 valence electrons. The molecule has 15 aromatic rings. The summed E-state index contributed by atoms with van der Waals surface area (Å²) in [5.74, 6) is 3.26. The van der Waals surface area contributed by atoms with E-state index in [2.05, 4.69) is 215 Å². The molecule has 1 saturated carbocycles. The molecule has 0 amide bonds. The van der Waals surface area contributed by atoms with Gasteiger partial charge in [0.2, 0.25) is 11.9 Å². The summed E-state index contributed by atoms with van der Waals surface area (Å²) >= 11 is 0. The average Bonchev–Trinajstić information content (AvgIpc) is 3.72. The van der Waals surface area contributed by atoms with Gasteiger partial charge < -0.3 is 8.83 Å². The Balaban J connectivity index is 0.907. The van der Waals surface area contributed by atoms with Crippen molar-refractivity contribution in [1.29, 1.82) is 0 Å². The van der Waals surface area contributed by atoms with Crippen molar-refractivity contribution in [3.63, 3.8) is 0 Å². The van der Waals surface area contributed by atoms with Crippen molar-refractivity contribution in [1.82, 2.24) is 24.1 Å². The Hall–Kier alpha value is -9.85. The van der Waals surface area contributed by atoms with E-state index in [1.165, 1.54) is 21.7 Å². The highest BCUT2D eigenvalue weighted by Gasteiger charge is 2.48. The van der Waals surface area contributed by atoms with Crippen molar-refractivity contribution in [2.45, 2.75) is 12.3 Å². The van der Waals surface area contributed by atoms with Crippen molar-refractivity contribution in [2.75, 3.05) is 0 Å². The minimum atomic E-state index is 0.255. The average molecular weight is 960 g/mol. The molecule has 2 aliphatic carbocycles. The number of aromatic nitrogens is 5. The summed E-state index contributed by atoms with van der Waals surface area (Å²) in [5, 5.41) is 10.3. The van der Waals surface area contributed by atoms with Gasteiger partial charge in [0.15, 0.2) is 5.82 Å². The van der Waals surface area contributed by atoms with E-state index in [-0.39, 0.29) is 5.92 Å². The van der Waals surface area contributed by atoms with Gasteiger partial charge in [-0.05, 0) is 99.8 Å². The van der Waals surface area contributed by atoms with Crippen LogP contribution < -0.4 is 0 Å². The summed E-state index contributed by atoms with van der Waals surface area (Å²) in [4.78, 5) is 16.8. The molecule has 2 atom stereocenters. The van der Waals surface area contributed by atoms with Crippen LogP contribution in [0, 0.1) is 5.92 Å². The van der Waals surface area contributed by atoms with Gasteiger partial charge in [-0.15, -0.1) is 0 Å². The molecule has 7 nitrogen and oxygen atoms in total. The fraction of sp³-hybridized carbons (Fsp3) is 0.0441. The molecule has 0 radical (unpaired) electrons. The van der Waals surface area contributed by atoms with Gasteiger partial charge in [-0.1, -0.05) is 176 Å². The van der Waals surface area contributed by atoms with E-state index in [1.807, 2.05) is 18.2 Å². The third-order valence-electron chi connectivity index (χ3n) is 16.1. The van der Waals surface area contributed by atoms with Gasteiger partial charge in [0.1, 0.15) is 22.5 Å². The first kappa shape index (κ1) is 40.7. The predicted molar refractivity (Wildman–Crippen MR) is 305 cm³/mol. The molecule has 0 bridgehead atoms. The summed E-state index contributed by atoms with van der Waals surface area (Å²) in [7, 11) is 0. The second-order valence-corrected chi connectivity index (χ2v) is 20.2. The minimum absolute atomic E-state index is 0.255. The van der Waals surface area contributed by atoms with E-state index >= 15 is 0 Å². The van der Waals surface area contributed by atoms with Crippen LogP contribution in [0.2, 0.25) is 0 Å². The molecular weight excluding hydrogens is 919 g/mol. The monoisotopic (exact) mass is 959 g/mol. The summed E-state index contributed by atoms with van der Waals surface area (Å²) in [6.07, 6.45) is 3.22. The van der Waals surface area contributed by atoms with Crippen LogP contribution in [0.5, 0.6) is 0 Å². The number of para-hydroxylation sites is 6. The fourth-order valence-electron chi connectivity index (χ4n) is 12.7. The molecule has 5 aromatic heterocycles. The highest BCUT2D eigenvalue weighted by atomic mass is 16.3. The van der Waals surface area contributed by atoms with Crippen LogP contribution in [0.1, 0.15) is 29.5 Å². The molecule has 0 saturated heterocycles. The largest absolute Gasteiger partial charge is 0.456 e. The molecule has 1 fully saturated rings. The number of allylic oxidation sites excluding steroid dienone is 1. The van der Waals surface area contributed by atoms with Gasteiger partial charge in [-0.2, -0.15) is 15.0 Å². The first-order chi connectivity index (χ1) is 37.2. The lowest BCUT2D eigenvalue weighted by Gasteiger charge is -2.16. The molecule has 2 aliphatic rings. The van der Waals surface area contributed by atoms with E-state index in [0.29, 0.717) is 23.6 Å². The lowest BCUT2D eigenvalue weighted by atomic mass is 9.94. The minimum Gasteiger partial charge on any atom is -0.456 e. The van der Waals surface area contributed by atoms with Crippen LogP contribution in [-0.2, 0) is 0 Å². The highest BCUT2D eigenvalue weighted by Crippen LogP contribution is 2.61. The predicted octanol–water partition coefficient (Wildman–Crippen LogP) is 17.5. The van der Waals surface area contributed by atoms with Crippen LogP contribution >= 0.6 is 0 Å². The summed E-state index contributed by atoms with van der Waals surface area (Å²) in [5.41, 5.74) is 15.8. The van der Waals surface area contributed by atoms with Gasteiger partial charge in [0.25, 0.3) is 0 Å². The Kier molecular flexibility index (Phi) is 8.33.